The fraction of sp³-hybridized carbons (Fsp3) is 0.455. The molecule has 1 saturated heterocycles. The van der Waals surface area contributed by atoms with Crippen LogP contribution in [0.3, 0.4) is 0 Å². The van der Waals surface area contributed by atoms with Crippen molar-refractivity contribution in [3.63, 3.8) is 0 Å². The Hall–Kier alpha value is -3.16. The molecule has 4 N–H and O–H groups in total. The Morgan fingerprint density at radius 1 is 1.35 bits per heavy atom. The number of imidazole rings is 1. The van der Waals surface area contributed by atoms with Crippen LogP contribution in [-0.2, 0) is 23.4 Å². The number of anilines is 1. The average molecular weight is 538 g/mol. The van der Waals surface area contributed by atoms with E-state index in [0.29, 0.717) is 0 Å². The molecule has 15 heteroatoms. The summed E-state index contributed by atoms with van der Waals surface area (Å²) in [6.45, 7) is 2.28. The van der Waals surface area contributed by atoms with Gasteiger partial charge < -0.3 is 24.8 Å². The van der Waals surface area contributed by atoms with Crippen molar-refractivity contribution in [3.05, 3.63) is 43.0 Å². The maximum atomic E-state index is 15.8. The number of aliphatic hydroxyl groups is 1. The lowest BCUT2D eigenvalue weighted by atomic mass is 9.98. The summed E-state index contributed by atoms with van der Waals surface area (Å²) >= 11 is 0. The topological polar surface area (TPSA) is 173 Å². The summed E-state index contributed by atoms with van der Waals surface area (Å²) < 4.78 is 52.4. The van der Waals surface area contributed by atoms with Gasteiger partial charge in [-0.15, -0.1) is 0 Å². The Balaban J connectivity index is 1.56. The summed E-state index contributed by atoms with van der Waals surface area (Å²) in [6, 6.07) is 7.13. The molecule has 0 saturated carbocycles. The summed E-state index contributed by atoms with van der Waals surface area (Å²) in [5, 5.41) is 13.3. The molecule has 1 fully saturated rings. The number of benzene rings is 1. The molecule has 0 aliphatic carbocycles. The number of alkyl halides is 1. The number of methoxy groups -OCH3 is 1. The molecule has 0 spiro atoms. The quantitative estimate of drug-likeness (QED) is 0.254. The Morgan fingerprint density at radius 2 is 2.08 bits per heavy atom. The number of nitrogens with zero attached hydrogens (tertiary/aromatic N) is 4. The predicted octanol–water partition coefficient (Wildman–Crippen LogP) is 2.14. The number of ether oxygens (including phenoxy) is 2. The largest absolute Gasteiger partial charge is 0.468 e. The molecule has 0 bridgehead atoms. The molecule has 37 heavy (non-hydrogen) atoms. The van der Waals surface area contributed by atoms with Crippen LogP contribution in [0.5, 0.6) is 5.75 Å². The number of nitrogens with two attached hydrogens (primary N) is 1. The number of aromatic nitrogens is 4. The van der Waals surface area contributed by atoms with Crippen LogP contribution in [0.25, 0.3) is 11.2 Å². The van der Waals surface area contributed by atoms with Crippen LogP contribution in [0.1, 0.15) is 26.5 Å². The Kier molecular flexibility index (Phi) is 7.76. The standard InChI is InChI=1S/C22H28FN6O7P/c1-4-14(20(31)33-3)28-37(32,36-13-8-6-5-7-9-13)34-10-15-17(30)22(2,23)21(35-15)29-12-27-16-18(24)25-11-26-19(16)29/h5-9,11-12,14-15,17,21,30H,4,10H2,1-3H3,(H,28,32)(H2,24,25,26)/t14-,15+,17+,21+,22+,37?/m0/s1. The molecule has 3 heterocycles. The summed E-state index contributed by atoms with van der Waals surface area (Å²) in [7, 11) is -3.05. The van der Waals surface area contributed by atoms with Gasteiger partial charge >= 0.3 is 13.7 Å². The van der Waals surface area contributed by atoms with Crippen molar-refractivity contribution in [1.82, 2.24) is 24.6 Å². The molecule has 1 aromatic carbocycles. The third-order valence-electron chi connectivity index (χ3n) is 5.94. The Bertz CT molecular complexity index is 1290. The summed E-state index contributed by atoms with van der Waals surface area (Å²) in [6.07, 6.45) is -1.64. The summed E-state index contributed by atoms with van der Waals surface area (Å²) in [5.74, 6) is -0.380. The number of hydrogen-bond donors (Lipinski definition) is 3. The van der Waals surface area contributed by atoms with Gasteiger partial charge in [-0.3, -0.25) is 13.9 Å². The van der Waals surface area contributed by atoms with Gasteiger partial charge in [0.2, 0.25) is 0 Å². The fourth-order valence-electron chi connectivity index (χ4n) is 3.92. The van der Waals surface area contributed by atoms with Gasteiger partial charge in [0.25, 0.3) is 0 Å². The van der Waals surface area contributed by atoms with E-state index in [1.807, 2.05) is 0 Å². The van der Waals surface area contributed by atoms with Gasteiger partial charge in [0.1, 0.15) is 35.8 Å². The highest BCUT2D eigenvalue weighted by Gasteiger charge is 2.56. The number of rotatable bonds is 10. The minimum atomic E-state index is -4.25. The van der Waals surface area contributed by atoms with Crippen molar-refractivity contribution in [2.75, 3.05) is 19.5 Å². The summed E-state index contributed by atoms with van der Waals surface area (Å²) in [5.41, 5.74) is 3.95. The maximum absolute atomic E-state index is 15.8. The molecular formula is C22H28FN6O7P. The predicted molar refractivity (Wildman–Crippen MR) is 129 cm³/mol. The number of para-hydroxylation sites is 1. The first-order valence-electron chi connectivity index (χ1n) is 11.4. The molecule has 0 amide bonds. The summed E-state index contributed by atoms with van der Waals surface area (Å²) in [4.78, 5) is 24.2. The third kappa shape index (κ3) is 5.43. The lowest BCUT2D eigenvalue weighted by molar-refractivity contribution is -0.142. The molecule has 200 valence electrons. The lowest BCUT2D eigenvalue weighted by Gasteiger charge is -2.25. The Labute approximate surface area is 211 Å². The minimum absolute atomic E-state index is 0.101. The lowest BCUT2D eigenvalue weighted by Crippen LogP contribution is -2.41. The van der Waals surface area contributed by atoms with Gasteiger partial charge in [0.05, 0.1) is 20.0 Å². The van der Waals surface area contributed by atoms with Crippen molar-refractivity contribution in [2.45, 2.75) is 50.4 Å². The molecule has 1 unspecified atom stereocenters. The maximum Gasteiger partial charge on any atom is 0.459 e. The second-order valence-corrected chi connectivity index (χ2v) is 10.2. The number of nitrogen functional groups attached to an aromatic ring is 1. The van der Waals surface area contributed by atoms with Gasteiger partial charge in [-0.25, -0.2) is 23.9 Å². The molecule has 4 rings (SSSR count). The third-order valence-corrected chi connectivity index (χ3v) is 7.51. The van der Waals surface area contributed by atoms with E-state index in [1.54, 1.807) is 37.3 Å². The fourth-order valence-corrected chi connectivity index (χ4v) is 5.51. The van der Waals surface area contributed by atoms with Gasteiger partial charge in [0.15, 0.2) is 23.4 Å². The van der Waals surface area contributed by atoms with Gasteiger partial charge in [0, 0.05) is 0 Å². The molecule has 2 aromatic heterocycles. The van der Waals surface area contributed by atoms with Crippen molar-refractivity contribution >= 4 is 30.7 Å². The number of nitrogens with one attached hydrogen (secondary N) is 1. The molecule has 6 atom stereocenters. The minimum Gasteiger partial charge on any atom is -0.468 e. The van der Waals surface area contributed by atoms with Gasteiger partial charge in [-0.2, -0.15) is 5.09 Å². The highest BCUT2D eigenvalue weighted by molar-refractivity contribution is 7.52. The highest BCUT2D eigenvalue weighted by Crippen LogP contribution is 2.48. The Morgan fingerprint density at radius 3 is 2.76 bits per heavy atom. The molecular weight excluding hydrogens is 510 g/mol. The SMILES string of the molecule is CC[C@H](NP(=O)(OC[C@H]1O[C@@H](n2cnc3c(N)ncnc32)[C@](C)(F)[C@@H]1O)Oc1ccccc1)C(=O)OC. The zero-order chi connectivity index (χ0) is 26.8. The molecule has 1 aliphatic heterocycles. The first kappa shape index (κ1) is 26.9. The second-order valence-electron chi connectivity index (χ2n) is 8.52. The average Bonchev–Trinajstić information content (AvgIpc) is 3.40. The number of fused-ring (bicyclic) bond motifs is 1. The number of aliphatic hydroxyl groups excluding tert-OH is 1. The van der Waals surface area contributed by atoms with E-state index in [9.17, 15) is 14.5 Å². The number of halogens is 1. The van der Waals surface area contributed by atoms with Crippen molar-refractivity contribution in [3.8, 4) is 5.75 Å². The van der Waals surface area contributed by atoms with Crippen LogP contribution in [0.2, 0.25) is 0 Å². The second kappa shape index (κ2) is 10.7. The highest BCUT2D eigenvalue weighted by atomic mass is 31.2. The van der Waals surface area contributed by atoms with Gasteiger partial charge in [-0.1, -0.05) is 25.1 Å². The van der Waals surface area contributed by atoms with E-state index in [-0.39, 0.29) is 29.2 Å². The van der Waals surface area contributed by atoms with Crippen LogP contribution < -0.4 is 15.3 Å². The molecule has 3 aromatic rings. The zero-order valence-electron chi connectivity index (χ0n) is 20.4. The smallest absolute Gasteiger partial charge is 0.459 e. The van der Waals surface area contributed by atoms with E-state index in [4.69, 9.17) is 24.3 Å². The van der Waals surface area contributed by atoms with E-state index in [1.165, 1.54) is 24.3 Å². The molecule has 0 radical (unpaired) electrons. The first-order chi connectivity index (χ1) is 17.6. The molecule has 13 nitrogen and oxygen atoms in total. The van der Waals surface area contributed by atoms with E-state index < -0.39 is 50.5 Å². The van der Waals surface area contributed by atoms with E-state index in [2.05, 4.69) is 20.0 Å². The number of esters is 1. The molecule has 1 aliphatic rings. The monoisotopic (exact) mass is 538 g/mol. The van der Waals surface area contributed by atoms with Crippen molar-refractivity contribution in [2.24, 2.45) is 0 Å². The van der Waals surface area contributed by atoms with Gasteiger partial charge in [-0.05, 0) is 25.5 Å². The van der Waals surface area contributed by atoms with Crippen LogP contribution >= 0.6 is 7.75 Å². The first-order valence-corrected chi connectivity index (χ1v) is 12.9. The van der Waals surface area contributed by atoms with E-state index in [0.717, 1.165) is 6.92 Å². The normalized spacial score (nSPS) is 26.0. The van der Waals surface area contributed by atoms with E-state index >= 15 is 4.39 Å². The number of carbonyl (C=O) groups excluding carboxylic acids is 1. The van der Waals surface area contributed by atoms with Crippen LogP contribution in [0.4, 0.5) is 10.2 Å². The van der Waals surface area contributed by atoms with Crippen LogP contribution in [-0.4, -0.2) is 68.2 Å². The van der Waals surface area contributed by atoms with Crippen molar-refractivity contribution in [1.29, 1.82) is 0 Å². The number of hydrogen-bond acceptors (Lipinski definition) is 11. The van der Waals surface area contributed by atoms with Crippen LogP contribution in [0.15, 0.2) is 43.0 Å². The number of carbonyl (C=O) groups is 1. The zero-order valence-corrected chi connectivity index (χ0v) is 21.2. The van der Waals surface area contributed by atoms with Crippen LogP contribution in [0, 0.1) is 0 Å². The van der Waals surface area contributed by atoms with Crippen molar-refractivity contribution < 1.29 is 37.4 Å².